The predicted octanol–water partition coefficient (Wildman–Crippen LogP) is 3.61. The van der Waals surface area contributed by atoms with E-state index in [1.807, 2.05) is 13.0 Å². The Hall–Kier alpha value is -2.84. The molecule has 1 aliphatic rings. The Labute approximate surface area is 164 Å². The van der Waals surface area contributed by atoms with Gasteiger partial charge in [-0.05, 0) is 43.3 Å². The molecule has 1 aromatic heterocycles. The minimum absolute atomic E-state index is 0.0756. The lowest BCUT2D eigenvalue weighted by Crippen LogP contribution is -2.26. The lowest BCUT2D eigenvalue weighted by atomic mass is 10.1. The van der Waals surface area contributed by atoms with Gasteiger partial charge in [0.15, 0.2) is 0 Å². The standard InChI is InChI=1S/C18H14ClN5O2S/c1-10-17(25)23-14-6-11(2-5-16(14)27-10)18(26)22-13-7-12(19)3-4-15(13)24-9-20-8-21-24/h2-10H,1H3,(H,22,26)(H,23,25). The van der Waals surface area contributed by atoms with Crippen LogP contribution < -0.4 is 10.6 Å². The molecule has 0 bridgehead atoms. The Balaban J connectivity index is 1.63. The van der Waals surface area contributed by atoms with Gasteiger partial charge in [0.05, 0.1) is 22.3 Å². The number of carbonyl (C=O) groups is 2. The fourth-order valence-electron chi connectivity index (χ4n) is 2.69. The molecule has 2 heterocycles. The molecule has 9 heteroatoms. The van der Waals surface area contributed by atoms with Crippen LogP contribution in [0.25, 0.3) is 5.69 Å². The summed E-state index contributed by atoms with van der Waals surface area (Å²) in [4.78, 5) is 29.5. The molecule has 136 valence electrons. The number of hydrogen-bond acceptors (Lipinski definition) is 5. The Morgan fingerprint density at radius 1 is 1.30 bits per heavy atom. The van der Waals surface area contributed by atoms with Crippen LogP contribution in [0.2, 0.25) is 5.02 Å². The average molecular weight is 400 g/mol. The maximum atomic E-state index is 12.8. The lowest BCUT2D eigenvalue weighted by molar-refractivity contribution is -0.115. The van der Waals surface area contributed by atoms with Crippen molar-refractivity contribution in [2.45, 2.75) is 17.1 Å². The fraction of sp³-hybridized carbons (Fsp3) is 0.111. The zero-order valence-electron chi connectivity index (χ0n) is 14.1. The number of nitrogens with one attached hydrogen (secondary N) is 2. The summed E-state index contributed by atoms with van der Waals surface area (Å²) in [5.74, 6) is -0.396. The van der Waals surface area contributed by atoms with Crippen LogP contribution in [0, 0.1) is 0 Å². The first-order valence-corrected chi connectivity index (χ1v) is 9.34. The number of thioether (sulfide) groups is 1. The summed E-state index contributed by atoms with van der Waals surface area (Å²) in [6.07, 6.45) is 2.94. The SMILES string of the molecule is CC1Sc2ccc(C(=O)Nc3cc(Cl)ccc3-n3cncn3)cc2NC1=O. The van der Waals surface area contributed by atoms with Gasteiger partial charge in [-0.2, -0.15) is 5.10 Å². The molecule has 0 saturated carbocycles. The molecule has 4 rings (SSSR count). The predicted molar refractivity (Wildman–Crippen MR) is 105 cm³/mol. The molecule has 0 fully saturated rings. The zero-order valence-corrected chi connectivity index (χ0v) is 15.7. The number of fused-ring (bicyclic) bond motifs is 1. The van der Waals surface area contributed by atoms with Crippen LogP contribution in [-0.2, 0) is 4.79 Å². The Bertz CT molecular complexity index is 1040. The third-order valence-corrected chi connectivity index (χ3v) is 5.46. The van der Waals surface area contributed by atoms with E-state index < -0.39 is 0 Å². The highest BCUT2D eigenvalue weighted by molar-refractivity contribution is 8.00. The van der Waals surface area contributed by atoms with Crippen LogP contribution in [0.5, 0.6) is 0 Å². The van der Waals surface area contributed by atoms with Gasteiger partial charge >= 0.3 is 0 Å². The third-order valence-electron chi connectivity index (χ3n) is 4.04. The lowest BCUT2D eigenvalue weighted by Gasteiger charge is -2.21. The van der Waals surface area contributed by atoms with Crippen molar-refractivity contribution in [2.24, 2.45) is 0 Å². The first kappa shape index (κ1) is 17.6. The number of amides is 2. The topological polar surface area (TPSA) is 88.9 Å². The number of nitrogens with zero attached hydrogens (tertiary/aromatic N) is 3. The largest absolute Gasteiger partial charge is 0.324 e. The van der Waals surface area contributed by atoms with Crippen molar-refractivity contribution in [1.82, 2.24) is 14.8 Å². The zero-order chi connectivity index (χ0) is 19.0. The van der Waals surface area contributed by atoms with Crippen LogP contribution in [0.3, 0.4) is 0 Å². The van der Waals surface area contributed by atoms with Crippen LogP contribution in [0.1, 0.15) is 17.3 Å². The molecule has 2 amide bonds. The van der Waals surface area contributed by atoms with Crippen molar-refractivity contribution in [3.63, 3.8) is 0 Å². The van der Waals surface area contributed by atoms with Crippen LogP contribution in [0.15, 0.2) is 53.9 Å². The smallest absolute Gasteiger partial charge is 0.255 e. The van der Waals surface area contributed by atoms with Gasteiger partial charge in [0.1, 0.15) is 12.7 Å². The monoisotopic (exact) mass is 399 g/mol. The first-order chi connectivity index (χ1) is 13.0. The molecule has 0 aliphatic carbocycles. The second kappa shape index (κ2) is 7.05. The van der Waals surface area contributed by atoms with E-state index in [2.05, 4.69) is 20.7 Å². The van der Waals surface area contributed by atoms with Crippen LogP contribution in [0.4, 0.5) is 11.4 Å². The first-order valence-electron chi connectivity index (χ1n) is 8.09. The van der Waals surface area contributed by atoms with Gasteiger partial charge in [-0.25, -0.2) is 9.67 Å². The molecule has 1 unspecified atom stereocenters. The molecule has 0 saturated heterocycles. The highest BCUT2D eigenvalue weighted by Crippen LogP contribution is 2.36. The van der Waals surface area contributed by atoms with Gasteiger partial charge in [-0.3, -0.25) is 9.59 Å². The highest BCUT2D eigenvalue weighted by Gasteiger charge is 2.24. The fourth-order valence-corrected chi connectivity index (χ4v) is 3.79. The number of carbonyl (C=O) groups excluding carboxylic acids is 2. The highest BCUT2D eigenvalue weighted by atomic mass is 35.5. The molecule has 0 spiro atoms. The van der Waals surface area contributed by atoms with E-state index in [1.54, 1.807) is 30.3 Å². The Kier molecular flexibility index (Phi) is 4.59. The van der Waals surface area contributed by atoms with E-state index in [-0.39, 0.29) is 17.1 Å². The van der Waals surface area contributed by atoms with Crippen molar-refractivity contribution in [3.05, 3.63) is 59.6 Å². The number of anilines is 2. The molecule has 3 aromatic rings. The van der Waals surface area contributed by atoms with Gasteiger partial charge in [0.25, 0.3) is 5.91 Å². The van der Waals surface area contributed by atoms with Crippen molar-refractivity contribution >= 4 is 46.6 Å². The summed E-state index contributed by atoms with van der Waals surface area (Å²) in [5, 5.41) is 10.1. The molecular formula is C18H14ClN5O2S. The summed E-state index contributed by atoms with van der Waals surface area (Å²) in [6.45, 7) is 1.84. The van der Waals surface area contributed by atoms with E-state index in [0.29, 0.717) is 27.6 Å². The van der Waals surface area contributed by atoms with Crippen molar-refractivity contribution in [1.29, 1.82) is 0 Å². The Morgan fingerprint density at radius 2 is 2.15 bits per heavy atom. The summed E-state index contributed by atoms with van der Waals surface area (Å²) >= 11 is 7.55. The van der Waals surface area contributed by atoms with E-state index in [1.165, 1.54) is 29.1 Å². The molecule has 27 heavy (non-hydrogen) atoms. The van der Waals surface area contributed by atoms with Gasteiger partial charge in [0.2, 0.25) is 5.91 Å². The normalized spacial score (nSPS) is 15.8. The number of benzene rings is 2. The quantitative estimate of drug-likeness (QED) is 0.702. The van der Waals surface area contributed by atoms with Crippen molar-refractivity contribution in [3.8, 4) is 5.69 Å². The third kappa shape index (κ3) is 3.54. The van der Waals surface area contributed by atoms with Gasteiger partial charge in [-0.15, -0.1) is 11.8 Å². The van der Waals surface area contributed by atoms with Crippen molar-refractivity contribution in [2.75, 3.05) is 10.6 Å². The number of rotatable bonds is 3. The van der Waals surface area contributed by atoms with Crippen molar-refractivity contribution < 1.29 is 9.59 Å². The average Bonchev–Trinajstić information content (AvgIpc) is 3.17. The molecule has 1 atom stereocenters. The minimum Gasteiger partial charge on any atom is -0.324 e. The van der Waals surface area contributed by atoms with E-state index >= 15 is 0 Å². The molecular weight excluding hydrogens is 386 g/mol. The molecule has 2 aromatic carbocycles. The molecule has 0 radical (unpaired) electrons. The van der Waals surface area contributed by atoms with Crippen LogP contribution >= 0.6 is 23.4 Å². The van der Waals surface area contributed by atoms with E-state index in [0.717, 1.165) is 4.90 Å². The van der Waals surface area contributed by atoms with Gasteiger partial charge in [0, 0.05) is 15.5 Å². The molecule has 7 nitrogen and oxygen atoms in total. The maximum absolute atomic E-state index is 12.8. The minimum atomic E-state index is -0.320. The number of aromatic nitrogens is 3. The summed E-state index contributed by atoms with van der Waals surface area (Å²) in [5.41, 5.74) is 2.20. The summed E-state index contributed by atoms with van der Waals surface area (Å²) < 4.78 is 1.54. The van der Waals surface area contributed by atoms with Gasteiger partial charge < -0.3 is 10.6 Å². The number of hydrogen-bond donors (Lipinski definition) is 2. The van der Waals surface area contributed by atoms with Crippen LogP contribution in [-0.4, -0.2) is 31.8 Å². The summed E-state index contributed by atoms with van der Waals surface area (Å²) in [6, 6.07) is 10.3. The molecule has 1 aliphatic heterocycles. The second-order valence-electron chi connectivity index (χ2n) is 5.92. The summed E-state index contributed by atoms with van der Waals surface area (Å²) in [7, 11) is 0. The maximum Gasteiger partial charge on any atom is 0.255 e. The Morgan fingerprint density at radius 3 is 2.93 bits per heavy atom. The van der Waals surface area contributed by atoms with E-state index in [4.69, 9.17) is 11.6 Å². The number of halogens is 1. The van der Waals surface area contributed by atoms with E-state index in [9.17, 15) is 9.59 Å². The van der Waals surface area contributed by atoms with Gasteiger partial charge in [-0.1, -0.05) is 11.6 Å². The second-order valence-corrected chi connectivity index (χ2v) is 7.73. The molecule has 2 N–H and O–H groups in total.